The highest BCUT2D eigenvalue weighted by Gasteiger charge is 2.13. The molecule has 0 radical (unpaired) electrons. The molecule has 0 unspecified atom stereocenters. The molecular weight excluding hydrogens is 510 g/mol. The predicted octanol–water partition coefficient (Wildman–Crippen LogP) is 7.45. The molecule has 3 rings (SSSR count). The Morgan fingerprint density at radius 2 is 1.88 bits per heavy atom. The van der Waals surface area contributed by atoms with Gasteiger partial charge in [0.25, 0.3) is 0 Å². The third-order valence-electron chi connectivity index (χ3n) is 4.45. The average Bonchev–Trinajstić information content (AvgIpc) is 2.79. The Balaban J connectivity index is 1.72. The molecule has 0 bridgehead atoms. The number of ether oxygens (including phenoxy) is 2. The summed E-state index contributed by atoms with van der Waals surface area (Å²) >= 11 is 11.4. The average molecular weight is 533 g/mol. The minimum atomic E-state index is -0.213. The summed E-state index contributed by atoms with van der Waals surface area (Å²) in [6.45, 7) is 2.70. The van der Waals surface area contributed by atoms with Crippen LogP contribution in [0.3, 0.4) is 0 Å². The van der Waals surface area contributed by atoms with Gasteiger partial charge in [0, 0.05) is 27.2 Å². The van der Waals surface area contributed by atoms with Crippen LogP contribution in [0.15, 0.2) is 76.1 Å². The van der Waals surface area contributed by atoms with Crippen molar-refractivity contribution >= 4 is 57.0 Å². The summed E-state index contributed by atoms with van der Waals surface area (Å²) in [6, 6.07) is 19.0. The van der Waals surface area contributed by atoms with E-state index < -0.39 is 0 Å². The second-order valence-electron chi connectivity index (χ2n) is 6.69. The van der Waals surface area contributed by atoms with E-state index in [9.17, 15) is 4.79 Å². The highest BCUT2D eigenvalue weighted by Crippen LogP contribution is 2.38. The normalized spacial score (nSPS) is 10.9. The summed E-state index contributed by atoms with van der Waals surface area (Å²) in [4.78, 5) is 13.5. The van der Waals surface area contributed by atoms with Crippen molar-refractivity contribution in [3.8, 4) is 11.5 Å². The standard InChI is InChI=1S/C25H23BrClNO3S/c1-3-30-23-15-17(8-13-24(29)28-19-9-11-20(32-2)12-10-19)14-21(26)25(23)31-16-18-6-4-5-7-22(18)27/h4-15H,3,16H2,1-2H3,(H,28,29)/b13-8+. The van der Waals surface area contributed by atoms with Crippen LogP contribution in [-0.4, -0.2) is 18.8 Å². The van der Waals surface area contributed by atoms with Crippen molar-refractivity contribution in [2.24, 2.45) is 0 Å². The van der Waals surface area contributed by atoms with Gasteiger partial charge in [-0.05, 0) is 83.2 Å². The Morgan fingerprint density at radius 3 is 2.56 bits per heavy atom. The number of anilines is 1. The SMILES string of the molecule is CCOc1cc(/C=C/C(=O)Nc2ccc(SC)cc2)cc(Br)c1OCc1ccccc1Cl. The molecule has 0 aliphatic carbocycles. The zero-order valence-electron chi connectivity index (χ0n) is 17.7. The van der Waals surface area contributed by atoms with Crippen LogP contribution in [0.5, 0.6) is 11.5 Å². The molecule has 3 aromatic carbocycles. The second-order valence-corrected chi connectivity index (χ2v) is 8.84. The van der Waals surface area contributed by atoms with Crippen LogP contribution < -0.4 is 14.8 Å². The molecule has 0 aliphatic rings. The van der Waals surface area contributed by atoms with E-state index in [-0.39, 0.29) is 5.91 Å². The van der Waals surface area contributed by atoms with Gasteiger partial charge >= 0.3 is 0 Å². The van der Waals surface area contributed by atoms with Gasteiger partial charge in [0.2, 0.25) is 5.91 Å². The monoisotopic (exact) mass is 531 g/mol. The topological polar surface area (TPSA) is 47.6 Å². The van der Waals surface area contributed by atoms with Crippen LogP contribution >= 0.6 is 39.3 Å². The molecule has 32 heavy (non-hydrogen) atoms. The molecule has 0 spiro atoms. The van der Waals surface area contributed by atoms with Gasteiger partial charge in [-0.3, -0.25) is 4.79 Å². The van der Waals surface area contributed by atoms with Gasteiger partial charge in [0.05, 0.1) is 11.1 Å². The van der Waals surface area contributed by atoms with Crippen molar-refractivity contribution in [1.29, 1.82) is 0 Å². The molecule has 0 heterocycles. The fraction of sp³-hybridized carbons (Fsp3) is 0.160. The van der Waals surface area contributed by atoms with Crippen molar-refractivity contribution in [2.45, 2.75) is 18.4 Å². The van der Waals surface area contributed by atoms with Crippen LogP contribution in [0.25, 0.3) is 6.08 Å². The van der Waals surface area contributed by atoms with Crippen LogP contribution in [0.4, 0.5) is 5.69 Å². The lowest BCUT2D eigenvalue weighted by atomic mass is 10.1. The largest absolute Gasteiger partial charge is 0.490 e. The van der Waals surface area contributed by atoms with Gasteiger partial charge in [0.1, 0.15) is 6.61 Å². The molecule has 0 saturated heterocycles. The highest BCUT2D eigenvalue weighted by atomic mass is 79.9. The Morgan fingerprint density at radius 1 is 1.12 bits per heavy atom. The molecule has 0 atom stereocenters. The lowest BCUT2D eigenvalue weighted by Gasteiger charge is -2.15. The molecule has 166 valence electrons. The van der Waals surface area contributed by atoms with Crippen molar-refractivity contribution in [1.82, 2.24) is 0 Å². The summed E-state index contributed by atoms with van der Waals surface area (Å²) < 4.78 is 12.5. The van der Waals surface area contributed by atoms with E-state index in [0.29, 0.717) is 29.7 Å². The highest BCUT2D eigenvalue weighted by molar-refractivity contribution is 9.10. The van der Waals surface area contributed by atoms with Gasteiger partial charge in [-0.25, -0.2) is 0 Å². The number of benzene rings is 3. The van der Waals surface area contributed by atoms with Gasteiger partial charge in [-0.1, -0.05) is 29.8 Å². The first-order valence-electron chi connectivity index (χ1n) is 9.95. The number of thioether (sulfide) groups is 1. The fourth-order valence-corrected chi connectivity index (χ4v) is 4.06. The molecule has 0 saturated carbocycles. The first-order valence-corrected chi connectivity index (χ1v) is 12.4. The lowest BCUT2D eigenvalue weighted by Crippen LogP contribution is -2.07. The zero-order chi connectivity index (χ0) is 22.9. The number of hydrogen-bond donors (Lipinski definition) is 1. The van der Waals surface area contributed by atoms with Crippen LogP contribution in [0.2, 0.25) is 5.02 Å². The van der Waals surface area contributed by atoms with E-state index in [0.717, 1.165) is 26.2 Å². The summed E-state index contributed by atoms with van der Waals surface area (Å²) in [5.41, 5.74) is 2.44. The van der Waals surface area contributed by atoms with Gasteiger partial charge in [-0.2, -0.15) is 0 Å². The second kappa shape index (κ2) is 12.0. The van der Waals surface area contributed by atoms with Crippen LogP contribution in [-0.2, 0) is 11.4 Å². The minimum absolute atomic E-state index is 0.213. The molecule has 0 aromatic heterocycles. The summed E-state index contributed by atoms with van der Waals surface area (Å²) in [5.74, 6) is 0.957. The van der Waals surface area contributed by atoms with E-state index in [1.807, 2.05) is 73.8 Å². The third kappa shape index (κ3) is 6.79. The zero-order valence-corrected chi connectivity index (χ0v) is 20.9. The maximum Gasteiger partial charge on any atom is 0.248 e. The van der Waals surface area contributed by atoms with Gasteiger partial charge in [-0.15, -0.1) is 11.8 Å². The maximum atomic E-state index is 12.3. The van der Waals surface area contributed by atoms with E-state index >= 15 is 0 Å². The third-order valence-corrected chi connectivity index (χ3v) is 6.15. The Bertz CT molecular complexity index is 1100. The van der Waals surface area contributed by atoms with Gasteiger partial charge in [0.15, 0.2) is 11.5 Å². The molecule has 0 fully saturated rings. The Hall–Kier alpha value is -2.41. The van der Waals surface area contributed by atoms with Crippen molar-refractivity contribution in [2.75, 3.05) is 18.2 Å². The summed E-state index contributed by atoms with van der Waals surface area (Å²) in [5, 5.41) is 3.51. The fourth-order valence-electron chi connectivity index (χ4n) is 2.88. The quantitative estimate of drug-likeness (QED) is 0.230. The molecule has 3 aromatic rings. The Labute approximate surface area is 206 Å². The summed E-state index contributed by atoms with van der Waals surface area (Å²) in [7, 11) is 0. The molecule has 0 aliphatic heterocycles. The lowest BCUT2D eigenvalue weighted by molar-refractivity contribution is -0.111. The van der Waals surface area contributed by atoms with Crippen LogP contribution in [0, 0.1) is 0 Å². The minimum Gasteiger partial charge on any atom is -0.490 e. The van der Waals surface area contributed by atoms with E-state index in [1.54, 1.807) is 17.8 Å². The molecule has 1 amide bonds. The predicted molar refractivity (Wildman–Crippen MR) is 137 cm³/mol. The number of carbonyl (C=O) groups excluding carboxylic acids is 1. The molecule has 1 N–H and O–H groups in total. The van der Waals surface area contributed by atoms with Crippen LogP contribution in [0.1, 0.15) is 18.1 Å². The first-order chi connectivity index (χ1) is 15.5. The molecule has 7 heteroatoms. The molecule has 4 nitrogen and oxygen atoms in total. The van der Waals surface area contributed by atoms with E-state index in [4.69, 9.17) is 21.1 Å². The summed E-state index contributed by atoms with van der Waals surface area (Å²) in [6.07, 6.45) is 5.24. The van der Waals surface area contributed by atoms with Crippen molar-refractivity contribution in [3.63, 3.8) is 0 Å². The number of halogens is 2. The number of amides is 1. The number of hydrogen-bond acceptors (Lipinski definition) is 4. The van der Waals surface area contributed by atoms with Crippen molar-refractivity contribution < 1.29 is 14.3 Å². The maximum absolute atomic E-state index is 12.3. The van der Waals surface area contributed by atoms with Crippen molar-refractivity contribution in [3.05, 3.63) is 87.4 Å². The van der Waals surface area contributed by atoms with E-state index in [1.165, 1.54) is 6.08 Å². The number of rotatable bonds is 9. The van der Waals surface area contributed by atoms with Gasteiger partial charge < -0.3 is 14.8 Å². The van der Waals surface area contributed by atoms with E-state index in [2.05, 4.69) is 21.2 Å². The number of carbonyl (C=O) groups is 1. The number of nitrogens with one attached hydrogen (secondary N) is 1. The molecular formula is C25H23BrClNO3S. The first kappa shape index (κ1) is 24.2. The smallest absolute Gasteiger partial charge is 0.248 e. The Kier molecular flexibility index (Phi) is 9.09.